The van der Waals surface area contributed by atoms with E-state index in [9.17, 15) is 0 Å². The maximum Gasteiger partial charge on any atom is 0.0944 e. The van der Waals surface area contributed by atoms with Crippen LogP contribution in [-0.4, -0.2) is 24.2 Å². The van der Waals surface area contributed by atoms with E-state index in [1.165, 1.54) is 0 Å². The number of rotatable bonds is 4. The van der Waals surface area contributed by atoms with Gasteiger partial charge < -0.3 is 4.74 Å². The van der Waals surface area contributed by atoms with Crippen molar-refractivity contribution in [1.29, 1.82) is 0 Å². The molecule has 15 heavy (non-hydrogen) atoms. The van der Waals surface area contributed by atoms with E-state index in [4.69, 9.17) is 10.6 Å². The zero-order chi connectivity index (χ0) is 10.7. The van der Waals surface area contributed by atoms with Gasteiger partial charge >= 0.3 is 0 Å². The minimum Gasteiger partial charge on any atom is -0.381 e. The van der Waals surface area contributed by atoms with Crippen molar-refractivity contribution < 1.29 is 4.74 Å². The minimum absolute atomic E-state index is 0.290. The fraction of sp³-hybridized carbons (Fsp3) is 0.700. The van der Waals surface area contributed by atoms with Gasteiger partial charge in [-0.3, -0.25) is 11.3 Å². The predicted octanol–water partition coefficient (Wildman–Crippen LogP) is 0.862. The van der Waals surface area contributed by atoms with Crippen LogP contribution in [0, 0.1) is 12.8 Å². The first-order chi connectivity index (χ1) is 7.29. The molecule has 5 heteroatoms. The molecule has 1 saturated heterocycles. The van der Waals surface area contributed by atoms with Crippen molar-refractivity contribution in [2.45, 2.75) is 25.8 Å². The molecule has 0 amide bonds. The molecule has 4 nitrogen and oxygen atoms in total. The lowest BCUT2D eigenvalue weighted by Gasteiger charge is -2.20. The van der Waals surface area contributed by atoms with Crippen molar-refractivity contribution in [3.8, 4) is 0 Å². The van der Waals surface area contributed by atoms with Crippen LogP contribution in [0.4, 0.5) is 0 Å². The summed E-state index contributed by atoms with van der Waals surface area (Å²) in [4.78, 5) is 4.45. The number of aryl methyl sites for hydroxylation is 1. The van der Waals surface area contributed by atoms with Crippen LogP contribution >= 0.6 is 11.3 Å². The lowest BCUT2D eigenvalue weighted by molar-refractivity contribution is 0.176. The van der Waals surface area contributed by atoms with E-state index in [2.05, 4.69) is 15.8 Å². The van der Waals surface area contributed by atoms with Crippen molar-refractivity contribution in [3.05, 3.63) is 16.1 Å². The van der Waals surface area contributed by atoms with Crippen LogP contribution in [0.1, 0.15) is 17.1 Å². The van der Waals surface area contributed by atoms with E-state index in [0.29, 0.717) is 5.92 Å². The highest BCUT2D eigenvalue weighted by Gasteiger charge is 2.25. The molecular weight excluding hydrogens is 210 g/mol. The number of hydrogen-bond acceptors (Lipinski definition) is 5. The monoisotopic (exact) mass is 227 g/mol. The standard InChI is InChI=1S/C10H17N3OS/c1-7-6-15-10(12-7)4-9(13-11)8-2-3-14-5-8/h6,8-9,13H,2-5,11H2,1H3. The van der Waals surface area contributed by atoms with Gasteiger partial charge in [-0.05, 0) is 13.3 Å². The number of nitrogens with two attached hydrogens (primary N) is 1. The molecule has 1 aromatic rings. The summed E-state index contributed by atoms with van der Waals surface area (Å²) in [6.07, 6.45) is 2.00. The van der Waals surface area contributed by atoms with Gasteiger partial charge in [-0.15, -0.1) is 11.3 Å². The first kappa shape index (κ1) is 11.0. The first-order valence-corrected chi connectivity index (χ1v) is 6.12. The number of nitrogens with zero attached hydrogens (tertiary/aromatic N) is 1. The van der Waals surface area contributed by atoms with Crippen molar-refractivity contribution in [2.24, 2.45) is 11.8 Å². The maximum absolute atomic E-state index is 5.58. The predicted molar refractivity (Wildman–Crippen MR) is 60.6 cm³/mol. The molecule has 0 aromatic carbocycles. The van der Waals surface area contributed by atoms with Gasteiger partial charge in [-0.1, -0.05) is 0 Å². The van der Waals surface area contributed by atoms with E-state index < -0.39 is 0 Å². The summed E-state index contributed by atoms with van der Waals surface area (Å²) >= 11 is 1.70. The third-order valence-electron chi connectivity index (χ3n) is 2.81. The molecule has 2 unspecified atom stereocenters. The van der Waals surface area contributed by atoms with Gasteiger partial charge in [-0.25, -0.2) is 4.98 Å². The number of aromatic nitrogens is 1. The SMILES string of the molecule is Cc1csc(CC(NN)C2CCOC2)n1. The van der Waals surface area contributed by atoms with Crippen LogP contribution in [0.2, 0.25) is 0 Å². The van der Waals surface area contributed by atoms with Crippen LogP contribution in [0.25, 0.3) is 0 Å². The molecule has 1 aliphatic heterocycles. The van der Waals surface area contributed by atoms with Gasteiger partial charge in [0.05, 0.1) is 11.6 Å². The quantitative estimate of drug-likeness (QED) is 0.592. The Bertz CT molecular complexity index is 309. The van der Waals surface area contributed by atoms with E-state index in [0.717, 1.165) is 36.8 Å². The third-order valence-corrected chi connectivity index (χ3v) is 3.80. The third kappa shape index (κ3) is 2.75. The summed E-state index contributed by atoms with van der Waals surface area (Å²) in [6, 6.07) is 0.290. The summed E-state index contributed by atoms with van der Waals surface area (Å²) in [6.45, 7) is 3.70. The van der Waals surface area contributed by atoms with Gasteiger partial charge in [0.25, 0.3) is 0 Å². The van der Waals surface area contributed by atoms with Crippen molar-refractivity contribution >= 4 is 11.3 Å². The average Bonchev–Trinajstić information content (AvgIpc) is 2.85. The Morgan fingerprint density at radius 3 is 3.20 bits per heavy atom. The summed E-state index contributed by atoms with van der Waals surface area (Å²) in [7, 11) is 0. The molecule has 84 valence electrons. The van der Waals surface area contributed by atoms with Gasteiger partial charge in [0.15, 0.2) is 0 Å². The molecule has 2 heterocycles. The van der Waals surface area contributed by atoms with Gasteiger partial charge in [0.2, 0.25) is 0 Å². The lowest BCUT2D eigenvalue weighted by Crippen LogP contribution is -2.42. The first-order valence-electron chi connectivity index (χ1n) is 5.24. The van der Waals surface area contributed by atoms with Crippen molar-refractivity contribution in [2.75, 3.05) is 13.2 Å². The van der Waals surface area contributed by atoms with Gasteiger partial charge in [-0.2, -0.15) is 0 Å². The highest BCUT2D eigenvalue weighted by Crippen LogP contribution is 2.20. The normalized spacial score (nSPS) is 23.2. The smallest absolute Gasteiger partial charge is 0.0944 e. The number of nitrogens with one attached hydrogen (secondary N) is 1. The fourth-order valence-electron chi connectivity index (χ4n) is 1.92. The number of hydrazine groups is 1. The molecule has 1 fully saturated rings. The van der Waals surface area contributed by atoms with Crippen molar-refractivity contribution in [3.63, 3.8) is 0 Å². The molecule has 0 spiro atoms. The van der Waals surface area contributed by atoms with Crippen molar-refractivity contribution in [1.82, 2.24) is 10.4 Å². The lowest BCUT2D eigenvalue weighted by atomic mass is 9.97. The van der Waals surface area contributed by atoms with Crippen LogP contribution in [0.5, 0.6) is 0 Å². The molecule has 0 aliphatic carbocycles. The Labute approximate surface area is 93.8 Å². The number of hydrogen-bond donors (Lipinski definition) is 2. The average molecular weight is 227 g/mol. The Kier molecular flexibility index (Phi) is 3.69. The molecule has 3 N–H and O–H groups in total. The molecule has 1 aliphatic rings. The molecule has 2 atom stereocenters. The molecule has 0 saturated carbocycles. The Morgan fingerprint density at radius 2 is 2.67 bits per heavy atom. The van der Waals surface area contributed by atoms with E-state index in [1.54, 1.807) is 11.3 Å². The molecule has 0 radical (unpaired) electrons. The van der Waals surface area contributed by atoms with E-state index >= 15 is 0 Å². The topological polar surface area (TPSA) is 60.2 Å². The van der Waals surface area contributed by atoms with Crippen LogP contribution < -0.4 is 11.3 Å². The summed E-state index contributed by atoms with van der Waals surface area (Å²) in [5.74, 6) is 6.11. The minimum atomic E-state index is 0.290. The molecule has 0 bridgehead atoms. The molecular formula is C10H17N3OS. The molecule has 1 aromatic heterocycles. The molecule has 2 rings (SSSR count). The second-order valence-corrected chi connectivity index (χ2v) is 4.93. The summed E-state index contributed by atoms with van der Waals surface area (Å²) in [5, 5.41) is 3.23. The summed E-state index contributed by atoms with van der Waals surface area (Å²) in [5.41, 5.74) is 3.98. The highest BCUT2D eigenvalue weighted by molar-refractivity contribution is 7.09. The maximum atomic E-state index is 5.58. The van der Waals surface area contributed by atoms with Crippen LogP contribution in [0.3, 0.4) is 0 Å². The number of thiazole rings is 1. The van der Waals surface area contributed by atoms with Gasteiger partial charge in [0, 0.05) is 36.1 Å². The fourth-order valence-corrected chi connectivity index (χ4v) is 2.75. The Hall–Kier alpha value is -0.490. The Balaban J connectivity index is 1.95. The summed E-state index contributed by atoms with van der Waals surface area (Å²) < 4.78 is 5.37. The van der Waals surface area contributed by atoms with Crippen LogP contribution in [-0.2, 0) is 11.2 Å². The number of ether oxygens (including phenoxy) is 1. The second kappa shape index (κ2) is 5.03. The largest absolute Gasteiger partial charge is 0.381 e. The highest BCUT2D eigenvalue weighted by atomic mass is 32.1. The second-order valence-electron chi connectivity index (χ2n) is 3.98. The van der Waals surface area contributed by atoms with Gasteiger partial charge in [0.1, 0.15) is 0 Å². The Morgan fingerprint density at radius 1 is 1.80 bits per heavy atom. The zero-order valence-electron chi connectivity index (χ0n) is 8.90. The van der Waals surface area contributed by atoms with E-state index in [1.807, 2.05) is 6.92 Å². The van der Waals surface area contributed by atoms with Crippen LogP contribution in [0.15, 0.2) is 5.38 Å². The van der Waals surface area contributed by atoms with E-state index in [-0.39, 0.29) is 6.04 Å². The zero-order valence-corrected chi connectivity index (χ0v) is 9.72.